The summed E-state index contributed by atoms with van der Waals surface area (Å²) in [4.78, 5) is 24.6. The van der Waals surface area contributed by atoms with Gasteiger partial charge in [-0.2, -0.15) is 0 Å². The zero-order chi connectivity index (χ0) is 9.97. The first kappa shape index (κ1) is 9.19. The minimum atomic E-state index is -0.0689. The Morgan fingerprint density at radius 3 is 2.43 bits per heavy atom. The van der Waals surface area contributed by atoms with E-state index in [-0.39, 0.29) is 5.56 Å². The molecule has 1 fully saturated rings. The van der Waals surface area contributed by atoms with E-state index in [2.05, 4.69) is 4.98 Å². The van der Waals surface area contributed by atoms with Gasteiger partial charge in [0, 0.05) is 25.1 Å². The van der Waals surface area contributed by atoms with Gasteiger partial charge in [-0.15, -0.1) is 0 Å². The van der Waals surface area contributed by atoms with Crippen molar-refractivity contribution in [2.75, 3.05) is 0 Å². The molecule has 0 unspecified atom stereocenters. The van der Waals surface area contributed by atoms with Crippen LogP contribution < -0.4 is 5.56 Å². The number of aromatic nitrogens is 1. The smallest absolute Gasteiger partial charge is 0.247 e. The minimum Gasteiger partial charge on any atom is -0.329 e. The van der Waals surface area contributed by atoms with Crippen molar-refractivity contribution in [2.45, 2.75) is 31.6 Å². The topological polar surface area (TPSA) is 49.9 Å². The van der Waals surface area contributed by atoms with E-state index in [1.165, 1.54) is 0 Å². The number of hydrogen-bond donors (Lipinski definition) is 1. The zero-order valence-corrected chi connectivity index (χ0v) is 7.95. The highest BCUT2D eigenvalue weighted by Gasteiger charge is 2.19. The molecule has 0 amide bonds. The van der Waals surface area contributed by atoms with Crippen molar-refractivity contribution >= 4 is 5.78 Å². The summed E-state index contributed by atoms with van der Waals surface area (Å²) in [5, 5.41) is 0. The summed E-state index contributed by atoms with van der Waals surface area (Å²) in [5.41, 5.74) is 1.08. The number of hydrogen-bond acceptors (Lipinski definition) is 2. The highest BCUT2D eigenvalue weighted by atomic mass is 16.1. The van der Waals surface area contributed by atoms with Gasteiger partial charge in [0.25, 0.3) is 0 Å². The predicted molar refractivity (Wildman–Crippen MR) is 53.3 cm³/mol. The van der Waals surface area contributed by atoms with E-state index in [1.54, 1.807) is 12.3 Å². The molecule has 0 saturated heterocycles. The van der Waals surface area contributed by atoms with Gasteiger partial charge in [-0.05, 0) is 24.3 Å². The summed E-state index contributed by atoms with van der Waals surface area (Å²) in [5.74, 6) is 0.815. The molecule has 2 rings (SSSR count). The Morgan fingerprint density at radius 2 is 1.86 bits per heavy atom. The summed E-state index contributed by atoms with van der Waals surface area (Å²) in [6, 6.07) is 3.41. The summed E-state index contributed by atoms with van der Waals surface area (Å²) >= 11 is 0. The number of Topliss-reactive ketones (excluding diaryl/α,β-unsaturated/α-hetero) is 1. The van der Waals surface area contributed by atoms with Gasteiger partial charge in [-0.3, -0.25) is 9.59 Å². The first-order chi connectivity index (χ1) is 6.75. The number of ketones is 1. The van der Waals surface area contributed by atoms with Gasteiger partial charge in [-0.25, -0.2) is 0 Å². The number of carbonyl (C=O) groups is 1. The second-order valence-corrected chi connectivity index (χ2v) is 3.80. The minimum absolute atomic E-state index is 0.0689. The van der Waals surface area contributed by atoms with Crippen LogP contribution in [0.5, 0.6) is 0 Å². The lowest BCUT2D eigenvalue weighted by Crippen LogP contribution is -2.13. The van der Waals surface area contributed by atoms with Gasteiger partial charge in [-0.1, -0.05) is 6.07 Å². The fourth-order valence-corrected chi connectivity index (χ4v) is 1.95. The quantitative estimate of drug-likeness (QED) is 0.733. The average Bonchev–Trinajstić information content (AvgIpc) is 2.21. The van der Waals surface area contributed by atoms with E-state index in [1.807, 2.05) is 6.07 Å². The van der Waals surface area contributed by atoms with E-state index < -0.39 is 0 Å². The molecular weight excluding hydrogens is 178 g/mol. The van der Waals surface area contributed by atoms with Crippen molar-refractivity contribution in [2.24, 2.45) is 0 Å². The third-order valence-corrected chi connectivity index (χ3v) is 2.82. The molecule has 14 heavy (non-hydrogen) atoms. The summed E-state index contributed by atoms with van der Waals surface area (Å²) < 4.78 is 0. The van der Waals surface area contributed by atoms with Crippen molar-refractivity contribution in [3.05, 3.63) is 34.2 Å². The van der Waals surface area contributed by atoms with Crippen LogP contribution in [0, 0.1) is 0 Å². The van der Waals surface area contributed by atoms with Crippen molar-refractivity contribution < 1.29 is 4.79 Å². The Morgan fingerprint density at radius 1 is 1.14 bits per heavy atom. The molecule has 0 radical (unpaired) electrons. The largest absolute Gasteiger partial charge is 0.329 e. The Balaban J connectivity index is 2.12. The van der Waals surface area contributed by atoms with Crippen LogP contribution in [0.4, 0.5) is 0 Å². The van der Waals surface area contributed by atoms with E-state index in [0.29, 0.717) is 24.5 Å². The van der Waals surface area contributed by atoms with Crippen LogP contribution in [0.2, 0.25) is 0 Å². The maximum Gasteiger partial charge on any atom is 0.247 e. The van der Waals surface area contributed by atoms with Crippen molar-refractivity contribution in [3.8, 4) is 0 Å². The van der Waals surface area contributed by atoms with E-state index in [9.17, 15) is 9.59 Å². The highest BCUT2D eigenvalue weighted by molar-refractivity contribution is 5.79. The number of aromatic amines is 1. The van der Waals surface area contributed by atoms with Crippen LogP contribution in [-0.4, -0.2) is 10.8 Å². The molecule has 1 aliphatic carbocycles. The molecule has 0 aromatic carbocycles. The second-order valence-electron chi connectivity index (χ2n) is 3.80. The Kier molecular flexibility index (Phi) is 2.48. The lowest BCUT2D eigenvalue weighted by molar-refractivity contribution is -0.120. The van der Waals surface area contributed by atoms with Crippen LogP contribution in [0.1, 0.15) is 37.2 Å². The third kappa shape index (κ3) is 1.92. The van der Waals surface area contributed by atoms with Crippen molar-refractivity contribution in [1.82, 2.24) is 4.98 Å². The fraction of sp³-hybridized carbons (Fsp3) is 0.455. The predicted octanol–water partition coefficient (Wildman–Crippen LogP) is 1.60. The maximum atomic E-state index is 11.0. The van der Waals surface area contributed by atoms with Crippen molar-refractivity contribution in [3.63, 3.8) is 0 Å². The molecule has 0 spiro atoms. The van der Waals surface area contributed by atoms with Crippen molar-refractivity contribution in [1.29, 1.82) is 0 Å². The molecule has 74 valence electrons. The van der Waals surface area contributed by atoms with E-state index >= 15 is 0 Å². The van der Waals surface area contributed by atoms with Crippen LogP contribution in [0.3, 0.4) is 0 Å². The Bertz CT molecular complexity index is 364. The van der Waals surface area contributed by atoms with Gasteiger partial charge in [0.15, 0.2) is 0 Å². The molecular formula is C11H13NO2. The first-order valence-electron chi connectivity index (χ1n) is 4.96. The summed E-state index contributed by atoms with van der Waals surface area (Å²) in [6.07, 6.45) is 4.98. The molecule has 0 atom stereocenters. The summed E-state index contributed by atoms with van der Waals surface area (Å²) in [6.45, 7) is 0. The normalized spacial score (nSPS) is 18.4. The molecule has 1 aromatic heterocycles. The maximum absolute atomic E-state index is 11.0. The van der Waals surface area contributed by atoms with Crippen LogP contribution in [-0.2, 0) is 4.79 Å². The first-order valence-corrected chi connectivity index (χ1v) is 4.96. The van der Waals surface area contributed by atoms with Gasteiger partial charge < -0.3 is 4.98 Å². The average molecular weight is 191 g/mol. The number of pyridine rings is 1. The third-order valence-electron chi connectivity index (χ3n) is 2.82. The number of nitrogens with one attached hydrogen (secondary N) is 1. The van der Waals surface area contributed by atoms with Gasteiger partial charge >= 0.3 is 0 Å². The molecule has 1 saturated carbocycles. The molecule has 3 nitrogen and oxygen atoms in total. The van der Waals surface area contributed by atoms with Crippen LogP contribution in [0.25, 0.3) is 0 Å². The zero-order valence-electron chi connectivity index (χ0n) is 7.95. The van der Waals surface area contributed by atoms with Gasteiger partial charge in [0.1, 0.15) is 5.78 Å². The molecule has 1 aliphatic rings. The molecule has 0 bridgehead atoms. The lowest BCUT2D eigenvalue weighted by Gasteiger charge is -2.20. The van der Waals surface area contributed by atoms with Crippen LogP contribution in [0.15, 0.2) is 23.1 Å². The number of rotatable bonds is 1. The molecule has 1 N–H and O–H groups in total. The van der Waals surface area contributed by atoms with E-state index in [0.717, 1.165) is 18.4 Å². The second kappa shape index (κ2) is 3.78. The molecule has 0 aliphatic heterocycles. The monoisotopic (exact) mass is 191 g/mol. The molecule has 3 heteroatoms. The van der Waals surface area contributed by atoms with Gasteiger partial charge in [0.05, 0.1) is 0 Å². The van der Waals surface area contributed by atoms with Crippen LogP contribution >= 0.6 is 0 Å². The standard InChI is InChI=1S/C11H13NO2/c13-10-4-1-8(2-5-10)9-3-6-11(14)12-7-9/h3,6-8H,1-2,4-5H2,(H,12,14). The summed E-state index contributed by atoms with van der Waals surface area (Å²) in [7, 11) is 0. The molecule has 1 heterocycles. The highest BCUT2D eigenvalue weighted by Crippen LogP contribution is 2.29. The number of H-pyrrole nitrogens is 1. The van der Waals surface area contributed by atoms with Gasteiger partial charge in [0.2, 0.25) is 5.56 Å². The fourth-order valence-electron chi connectivity index (χ4n) is 1.95. The number of carbonyl (C=O) groups excluding carboxylic acids is 1. The lowest BCUT2D eigenvalue weighted by atomic mass is 9.84. The van der Waals surface area contributed by atoms with E-state index in [4.69, 9.17) is 0 Å². The SMILES string of the molecule is O=C1CCC(c2ccc(=O)[nH]c2)CC1. The molecule has 1 aromatic rings. The Hall–Kier alpha value is -1.38. The Labute approximate surface area is 82.2 Å².